The first-order valence-corrected chi connectivity index (χ1v) is 9.14. The largest absolute Gasteiger partial charge is 0.493 e. The summed E-state index contributed by atoms with van der Waals surface area (Å²) in [4.78, 5) is 28.5. The number of anilines is 1. The molecule has 1 amide bonds. The van der Waals surface area contributed by atoms with E-state index < -0.39 is 11.9 Å². The van der Waals surface area contributed by atoms with Gasteiger partial charge < -0.3 is 14.2 Å². The average Bonchev–Trinajstić information content (AvgIpc) is 2.99. The molecule has 7 nitrogen and oxygen atoms in total. The maximum absolute atomic E-state index is 12.1. The van der Waals surface area contributed by atoms with Crippen molar-refractivity contribution in [2.45, 2.75) is 13.8 Å². The van der Waals surface area contributed by atoms with Crippen LogP contribution in [0.5, 0.6) is 11.5 Å². The lowest BCUT2D eigenvalue weighted by atomic mass is 10.2. The Bertz CT molecular complexity index is 879. The number of aryl methyl sites for hydroxylation is 1. The van der Waals surface area contributed by atoms with E-state index >= 15 is 0 Å². The van der Waals surface area contributed by atoms with Gasteiger partial charge in [0.15, 0.2) is 16.6 Å². The molecule has 1 aromatic carbocycles. The number of halogens is 1. The topological polar surface area (TPSA) is 86.8 Å². The van der Waals surface area contributed by atoms with Crippen molar-refractivity contribution in [1.29, 1.82) is 0 Å². The highest BCUT2D eigenvalue weighted by Crippen LogP contribution is 2.36. The number of nitrogens with one attached hydrogen (secondary N) is 1. The van der Waals surface area contributed by atoms with Crippen molar-refractivity contribution < 1.29 is 23.8 Å². The molecule has 1 aromatic heterocycles. The fraction of sp³-hybridized carbons (Fsp3) is 0.278. The van der Waals surface area contributed by atoms with Crippen LogP contribution in [-0.4, -0.2) is 37.7 Å². The van der Waals surface area contributed by atoms with E-state index in [-0.39, 0.29) is 6.61 Å². The van der Waals surface area contributed by atoms with Crippen molar-refractivity contribution in [3.8, 4) is 11.5 Å². The molecular formula is C18H19ClN2O5S. The molecule has 0 saturated heterocycles. The number of nitrogens with zero attached hydrogens (tertiary/aromatic N) is 1. The third-order valence-corrected chi connectivity index (χ3v) is 4.70. The van der Waals surface area contributed by atoms with Crippen molar-refractivity contribution in [2.24, 2.45) is 0 Å². The van der Waals surface area contributed by atoms with Crippen LogP contribution in [0.3, 0.4) is 0 Å². The molecule has 0 saturated carbocycles. The summed E-state index contributed by atoms with van der Waals surface area (Å²) in [6, 6.07) is 3.35. The number of amides is 1. The number of aromatic nitrogens is 1. The fourth-order valence-electron chi connectivity index (χ4n) is 2.19. The number of esters is 1. The van der Waals surface area contributed by atoms with E-state index in [9.17, 15) is 9.59 Å². The van der Waals surface area contributed by atoms with Crippen LogP contribution in [0.1, 0.15) is 27.9 Å². The Hall–Kier alpha value is -2.58. The molecule has 27 heavy (non-hydrogen) atoms. The van der Waals surface area contributed by atoms with Crippen LogP contribution in [0.4, 0.5) is 5.13 Å². The number of carbonyl (C=O) groups excluding carboxylic acids is 2. The lowest BCUT2D eigenvalue weighted by Crippen LogP contribution is -2.07. The number of rotatable bonds is 7. The molecule has 0 bridgehead atoms. The van der Waals surface area contributed by atoms with Crippen LogP contribution < -0.4 is 14.8 Å². The van der Waals surface area contributed by atoms with E-state index in [0.29, 0.717) is 37.8 Å². The average molecular weight is 411 g/mol. The summed E-state index contributed by atoms with van der Waals surface area (Å²) in [6.45, 7) is 3.68. The molecule has 0 unspecified atom stereocenters. The summed E-state index contributed by atoms with van der Waals surface area (Å²) >= 11 is 7.20. The number of methoxy groups -OCH3 is 2. The summed E-state index contributed by atoms with van der Waals surface area (Å²) in [5, 5.41) is 3.30. The molecule has 0 atom stereocenters. The standard InChI is InChI=1S/C18H19ClN2O5S/c1-5-26-17(23)16-10(2)20-18(27-16)21-14(22)7-6-11-8-12(19)15(25-4)13(9-11)24-3/h6-9H,5H2,1-4H3,(H,20,21,22)/b7-6+. The fourth-order valence-corrected chi connectivity index (χ4v) is 3.35. The van der Waals surface area contributed by atoms with E-state index in [2.05, 4.69) is 10.3 Å². The Labute approximate surface area is 165 Å². The van der Waals surface area contributed by atoms with Crippen molar-refractivity contribution >= 4 is 46.0 Å². The number of hydrogen-bond acceptors (Lipinski definition) is 7. The normalized spacial score (nSPS) is 10.7. The zero-order valence-electron chi connectivity index (χ0n) is 15.3. The highest BCUT2D eigenvalue weighted by Gasteiger charge is 2.17. The summed E-state index contributed by atoms with van der Waals surface area (Å²) in [7, 11) is 2.99. The molecule has 1 heterocycles. The highest BCUT2D eigenvalue weighted by molar-refractivity contribution is 7.17. The number of benzene rings is 1. The smallest absolute Gasteiger partial charge is 0.350 e. The molecule has 1 N–H and O–H groups in total. The SMILES string of the molecule is CCOC(=O)c1sc(NC(=O)/C=C/c2cc(Cl)c(OC)c(OC)c2)nc1C. The molecule has 0 aliphatic carbocycles. The van der Waals surface area contributed by atoms with Gasteiger partial charge in [-0.15, -0.1) is 0 Å². The van der Waals surface area contributed by atoms with Crippen LogP contribution in [0.2, 0.25) is 5.02 Å². The molecule has 0 fully saturated rings. The predicted octanol–water partition coefficient (Wildman–Crippen LogP) is 3.95. The summed E-state index contributed by atoms with van der Waals surface area (Å²) in [5.74, 6) is 0.0267. The van der Waals surface area contributed by atoms with Gasteiger partial charge in [0.05, 0.1) is 31.5 Å². The second kappa shape index (κ2) is 9.38. The van der Waals surface area contributed by atoms with Crippen LogP contribution in [0.25, 0.3) is 6.08 Å². The minimum absolute atomic E-state index is 0.272. The third kappa shape index (κ3) is 5.21. The van der Waals surface area contributed by atoms with Gasteiger partial charge in [0.25, 0.3) is 0 Å². The lowest BCUT2D eigenvalue weighted by Gasteiger charge is -2.10. The first-order chi connectivity index (χ1) is 12.9. The number of ether oxygens (including phenoxy) is 3. The van der Waals surface area contributed by atoms with E-state index in [1.807, 2.05) is 0 Å². The second-order valence-electron chi connectivity index (χ2n) is 5.21. The molecule has 0 radical (unpaired) electrons. The van der Waals surface area contributed by atoms with Gasteiger partial charge in [0.1, 0.15) is 4.88 Å². The molecular weight excluding hydrogens is 392 g/mol. The highest BCUT2D eigenvalue weighted by atomic mass is 35.5. The Balaban J connectivity index is 2.11. The zero-order valence-corrected chi connectivity index (χ0v) is 16.9. The Morgan fingerprint density at radius 1 is 1.30 bits per heavy atom. The molecule has 9 heteroatoms. The van der Waals surface area contributed by atoms with Crippen molar-refractivity contribution in [3.63, 3.8) is 0 Å². The lowest BCUT2D eigenvalue weighted by molar-refractivity contribution is -0.111. The van der Waals surface area contributed by atoms with Crippen molar-refractivity contribution in [3.05, 3.63) is 39.4 Å². The molecule has 2 rings (SSSR count). The van der Waals surface area contributed by atoms with Gasteiger partial charge in [-0.25, -0.2) is 9.78 Å². The Kier molecular flexibility index (Phi) is 7.20. The van der Waals surface area contributed by atoms with E-state index in [4.69, 9.17) is 25.8 Å². The third-order valence-electron chi connectivity index (χ3n) is 3.37. The monoisotopic (exact) mass is 410 g/mol. The van der Waals surface area contributed by atoms with Crippen LogP contribution in [-0.2, 0) is 9.53 Å². The second-order valence-corrected chi connectivity index (χ2v) is 6.62. The Morgan fingerprint density at radius 2 is 2.04 bits per heavy atom. The van der Waals surface area contributed by atoms with Crippen molar-refractivity contribution in [1.82, 2.24) is 4.98 Å². The molecule has 2 aromatic rings. The molecule has 0 aliphatic rings. The van der Waals surface area contributed by atoms with Gasteiger partial charge >= 0.3 is 5.97 Å². The minimum atomic E-state index is -0.455. The first-order valence-electron chi connectivity index (χ1n) is 7.94. The molecule has 0 aliphatic heterocycles. The van der Waals surface area contributed by atoms with E-state index in [1.54, 1.807) is 32.1 Å². The summed E-state index contributed by atoms with van der Waals surface area (Å²) in [6.07, 6.45) is 2.91. The number of thiazole rings is 1. The number of hydrogen-bond donors (Lipinski definition) is 1. The van der Waals surface area contributed by atoms with Gasteiger partial charge in [-0.3, -0.25) is 10.1 Å². The quantitative estimate of drug-likeness (QED) is 0.549. The molecule has 0 spiro atoms. The van der Waals surface area contributed by atoms with Gasteiger partial charge in [-0.2, -0.15) is 0 Å². The van der Waals surface area contributed by atoms with Crippen molar-refractivity contribution in [2.75, 3.05) is 26.1 Å². The maximum atomic E-state index is 12.1. The maximum Gasteiger partial charge on any atom is 0.350 e. The van der Waals surface area contributed by atoms with Gasteiger partial charge in [0.2, 0.25) is 5.91 Å². The first kappa shape index (κ1) is 20.7. The van der Waals surface area contributed by atoms with Crippen LogP contribution in [0, 0.1) is 6.92 Å². The van der Waals surface area contributed by atoms with E-state index in [1.165, 1.54) is 20.3 Å². The Morgan fingerprint density at radius 3 is 2.67 bits per heavy atom. The zero-order chi connectivity index (χ0) is 20.0. The van der Waals surface area contributed by atoms with Gasteiger partial charge in [-0.05, 0) is 37.6 Å². The van der Waals surface area contributed by atoms with E-state index in [0.717, 1.165) is 11.3 Å². The van der Waals surface area contributed by atoms with Gasteiger partial charge in [-0.1, -0.05) is 22.9 Å². The minimum Gasteiger partial charge on any atom is -0.493 e. The van der Waals surface area contributed by atoms with Crippen LogP contribution >= 0.6 is 22.9 Å². The predicted molar refractivity (Wildman–Crippen MR) is 105 cm³/mol. The van der Waals surface area contributed by atoms with Crippen LogP contribution in [0.15, 0.2) is 18.2 Å². The molecule has 144 valence electrons. The summed E-state index contributed by atoms with van der Waals surface area (Å²) in [5.41, 5.74) is 1.17. The van der Waals surface area contributed by atoms with Gasteiger partial charge in [0, 0.05) is 6.08 Å². The summed E-state index contributed by atoms with van der Waals surface area (Å²) < 4.78 is 15.3. The number of carbonyl (C=O) groups is 2.